The molecule has 1 aromatic heterocycles. The molecule has 1 aliphatic rings. The summed E-state index contributed by atoms with van der Waals surface area (Å²) in [6, 6.07) is 15.8. The molecule has 0 amide bonds. The van der Waals surface area contributed by atoms with Crippen molar-refractivity contribution in [3.05, 3.63) is 72.1 Å². The number of hydrogen-bond donors (Lipinski definition) is 2. The van der Waals surface area contributed by atoms with E-state index >= 15 is 0 Å². The molecule has 0 spiro atoms. The number of rotatable bonds is 6. The first kappa shape index (κ1) is 22.1. The monoisotopic (exact) mass is 450 g/mol. The quantitative estimate of drug-likeness (QED) is 0.593. The smallest absolute Gasteiger partial charge is 0.240 e. The zero-order valence-electron chi connectivity index (χ0n) is 18.3. The highest BCUT2D eigenvalue weighted by atomic mass is 32.2. The van der Waals surface area contributed by atoms with E-state index in [1.54, 1.807) is 36.5 Å². The van der Waals surface area contributed by atoms with Crippen LogP contribution in [0.2, 0.25) is 0 Å². The van der Waals surface area contributed by atoms with E-state index in [2.05, 4.69) is 15.0 Å². The van der Waals surface area contributed by atoms with Crippen LogP contribution in [0.4, 0.5) is 5.82 Å². The van der Waals surface area contributed by atoms with Gasteiger partial charge in [-0.3, -0.25) is 4.79 Å². The molecule has 3 aromatic rings. The number of nitrogens with zero attached hydrogens (tertiary/aromatic N) is 2. The maximum absolute atomic E-state index is 12.9. The first-order valence-electron chi connectivity index (χ1n) is 10.4. The molecule has 166 valence electrons. The number of carbonyl (C=O) groups excluding carboxylic acids is 1. The molecule has 1 aliphatic heterocycles. The topological polar surface area (TPSA) is 101 Å². The van der Waals surface area contributed by atoms with Crippen LogP contribution in [0, 0.1) is 5.41 Å². The molecular weight excluding hydrogens is 424 g/mol. The Balaban J connectivity index is 1.56. The summed E-state index contributed by atoms with van der Waals surface area (Å²) in [5, 5.41) is 3.17. The third-order valence-corrected chi connectivity index (χ3v) is 6.82. The first-order chi connectivity index (χ1) is 15.1. The fourth-order valence-corrected chi connectivity index (χ4v) is 4.70. The number of fused-ring (bicyclic) bond motifs is 1. The van der Waals surface area contributed by atoms with Crippen LogP contribution < -0.4 is 10.0 Å². The highest BCUT2D eigenvalue weighted by Crippen LogP contribution is 2.35. The molecule has 0 radical (unpaired) electrons. The summed E-state index contributed by atoms with van der Waals surface area (Å²) < 4.78 is 27.6. The van der Waals surface area contributed by atoms with Crippen molar-refractivity contribution in [2.75, 3.05) is 11.9 Å². The number of sulfonamides is 1. The minimum Gasteiger partial charge on any atom is -0.367 e. The van der Waals surface area contributed by atoms with Gasteiger partial charge in [0.2, 0.25) is 10.0 Å². The number of aromatic nitrogens is 2. The van der Waals surface area contributed by atoms with Gasteiger partial charge in [0.25, 0.3) is 0 Å². The van der Waals surface area contributed by atoms with Crippen molar-refractivity contribution in [1.29, 1.82) is 0 Å². The van der Waals surface area contributed by atoms with E-state index in [-0.39, 0.29) is 23.1 Å². The van der Waals surface area contributed by atoms with Gasteiger partial charge in [-0.15, -0.1) is 0 Å². The van der Waals surface area contributed by atoms with Gasteiger partial charge in [-0.2, -0.15) is 0 Å². The Morgan fingerprint density at radius 2 is 1.88 bits per heavy atom. The molecule has 2 heterocycles. The molecule has 2 aromatic carbocycles. The molecule has 0 saturated carbocycles. The molecule has 7 nitrogen and oxygen atoms in total. The summed E-state index contributed by atoms with van der Waals surface area (Å²) >= 11 is 0. The lowest BCUT2D eigenvalue weighted by Gasteiger charge is -2.20. The minimum atomic E-state index is -3.60. The lowest BCUT2D eigenvalue weighted by molar-refractivity contribution is -0.127. The average Bonchev–Trinajstić information content (AvgIpc) is 3.20. The van der Waals surface area contributed by atoms with Crippen LogP contribution in [0.5, 0.6) is 0 Å². The van der Waals surface area contributed by atoms with Gasteiger partial charge in [-0.05, 0) is 23.8 Å². The zero-order chi connectivity index (χ0) is 22.9. The molecule has 8 heteroatoms. The zero-order valence-corrected chi connectivity index (χ0v) is 19.1. The predicted molar refractivity (Wildman–Crippen MR) is 124 cm³/mol. The van der Waals surface area contributed by atoms with Gasteiger partial charge in [-0.1, -0.05) is 57.2 Å². The summed E-state index contributed by atoms with van der Waals surface area (Å²) in [4.78, 5) is 22.3. The van der Waals surface area contributed by atoms with Crippen molar-refractivity contribution in [3.63, 3.8) is 0 Å². The highest BCUT2D eigenvalue weighted by Gasteiger charge is 2.37. The third kappa shape index (κ3) is 4.56. The van der Waals surface area contributed by atoms with Crippen LogP contribution in [0.15, 0.2) is 65.7 Å². The van der Waals surface area contributed by atoms with E-state index in [4.69, 9.17) is 4.98 Å². The fourth-order valence-electron chi connectivity index (χ4n) is 3.66. The second-order valence-electron chi connectivity index (χ2n) is 8.87. The van der Waals surface area contributed by atoms with Gasteiger partial charge in [-0.25, -0.2) is 23.1 Å². The van der Waals surface area contributed by atoms with Gasteiger partial charge in [0.15, 0.2) is 0 Å². The molecule has 0 bridgehead atoms. The van der Waals surface area contributed by atoms with Gasteiger partial charge >= 0.3 is 0 Å². The summed E-state index contributed by atoms with van der Waals surface area (Å²) in [6.07, 6.45) is 1.67. The van der Waals surface area contributed by atoms with E-state index in [1.165, 1.54) is 0 Å². The Morgan fingerprint density at radius 1 is 1.12 bits per heavy atom. The lowest BCUT2D eigenvalue weighted by atomic mass is 9.82. The molecule has 32 heavy (non-hydrogen) atoms. The van der Waals surface area contributed by atoms with Crippen LogP contribution in [0.25, 0.3) is 11.3 Å². The Labute approximate surface area is 188 Å². The van der Waals surface area contributed by atoms with E-state index in [0.717, 1.165) is 11.1 Å². The maximum Gasteiger partial charge on any atom is 0.240 e. The maximum atomic E-state index is 12.9. The fraction of sp³-hybridized carbons (Fsp3) is 0.292. The normalized spacial score (nSPS) is 15.8. The third-order valence-electron chi connectivity index (χ3n) is 5.40. The van der Waals surface area contributed by atoms with Crippen molar-refractivity contribution in [1.82, 2.24) is 14.7 Å². The largest absolute Gasteiger partial charge is 0.367 e. The van der Waals surface area contributed by atoms with Crippen LogP contribution >= 0.6 is 0 Å². The van der Waals surface area contributed by atoms with Crippen molar-refractivity contribution in [2.45, 2.75) is 38.1 Å². The Bertz CT molecular complexity index is 1250. The van der Waals surface area contributed by atoms with E-state index < -0.39 is 15.4 Å². The molecule has 0 aliphatic carbocycles. The second kappa shape index (κ2) is 8.44. The first-order valence-corrected chi connectivity index (χ1v) is 11.9. The van der Waals surface area contributed by atoms with Crippen molar-refractivity contribution in [3.8, 4) is 11.3 Å². The Kier molecular flexibility index (Phi) is 5.83. The van der Waals surface area contributed by atoms with Crippen molar-refractivity contribution < 1.29 is 13.2 Å². The highest BCUT2D eigenvalue weighted by molar-refractivity contribution is 7.89. The van der Waals surface area contributed by atoms with E-state index in [1.807, 2.05) is 45.0 Å². The Morgan fingerprint density at radius 3 is 2.59 bits per heavy atom. The molecule has 2 N–H and O–H groups in total. The minimum absolute atomic E-state index is 0.124. The van der Waals surface area contributed by atoms with E-state index in [9.17, 15) is 13.2 Å². The van der Waals surface area contributed by atoms with Gasteiger partial charge in [0.05, 0.1) is 28.4 Å². The number of nitrogens with one attached hydrogen (secondary N) is 2. The summed E-state index contributed by atoms with van der Waals surface area (Å²) in [5.74, 6) is 0.431. The molecule has 0 saturated heterocycles. The number of Topliss-reactive ketones (excluding diaryl/α,β-unsaturated/α-hetero) is 1. The number of anilines is 1. The predicted octanol–water partition coefficient (Wildman–Crippen LogP) is 3.75. The molecular formula is C24H26N4O3S. The van der Waals surface area contributed by atoms with Gasteiger partial charge in [0.1, 0.15) is 11.6 Å². The van der Waals surface area contributed by atoms with E-state index in [0.29, 0.717) is 23.8 Å². The van der Waals surface area contributed by atoms with Crippen molar-refractivity contribution >= 4 is 21.6 Å². The number of hydrogen-bond acceptors (Lipinski definition) is 6. The Hall–Kier alpha value is -3.10. The summed E-state index contributed by atoms with van der Waals surface area (Å²) in [5.41, 5.74) is 2.45. The summed E-state index contributed by atoms with van der Waals surface area (Å²) in [7, 11) is -3.60. The number of ketones is 1. The van der Waals surface area contributed by atoms with Crippen LogP contribution in [-0.4, -0.2) is 30.7 Å². The standard InChI is InChI=1S/C24H26N4O3S/c1-24(2,3)22(29)19-14-25-23-21(19)28-20(15-26-23)17-9-7-8-16(12-17)13-27-32(30,31)18-10-5-4-6-11-18/h4-12,15,19,27H,13-14H2,1-3H3,(H,25,26). The van der Waals surface area contributed by atoms with Crippen molar-refractivity contribution in [2.24, 2.45) is 5.41 Å². The van der Waals surface area contributed by atoms with Gasteiger partial charge in [0, 0.05) is 24.1 Å². The molecule has 1 atom stereocenters. The number of carbonyl (C=O) groups is 1. The molecule has 0 fully saturated rings. The van der Waals surface area contributed by atoms with Gasteiger partial charge < -0.3 is 5.32 Å². The van der Waals surface area contributed by atoms with Crippen LogP contribution in [-0.2, 0) is 21.4 Å². The lowest BCUT2D eigenvalue weighted by Crippen LogP contribution is -2.28. The SMILES string of the molecule is CC(C)(C)C(=O)C1CNc2ncc(-c3cccc(CNS(=O)(=O)c4ccccc4)c3)nc21. The summed E-state index contributed by atoms with van der Waals surface area (Å²) in [6.45, 7) is 6.37. The molecule has 1 unspecified atom stereocenters. The number of benzene rings is 2. The van der Waals surface area contributed by atoms with Crippen LogP contribution in [0.1, 0.15) is 37.9 Å². The second-order valence-corrected chi connectivity index (χ2v) is 10.6. The van der Waals surface area contributed by atoms with Crippen LogP contribution in [0.3, 0.4) is 0 Å². The average molecular weight is 451 g/mol. The molecule has 4 rings (SSSR count).